The lowest BCUT2D eigenvalue weighted by Gasteiger charge is -2.07. The molecule has 1 heterocycles. The van der Waals surface area contributed by atoms with Crippen molar-refractivity contribution >= 4 is 11.0 Å². The zero-order chi connectivity index (χ0) is 13.9. The SMILES string of the molecule is N#COc1c(-c2ccccc2)oc2ccccc2c1=O. The first kappa shape index (κ1) is 12.0. The zero-order valence-corrected chi connectivity index (χ0v) is 10.4. The summed E-state index contributed by atoms with van der Waals surface area (Å²) in [5, 5.41) is 9.12. The number of fused-ring (bicyclic) bond motifs is 1. The summed E-state index contributed by atoms with van der Waals surface area (Å²) in [4.78, 5) is 12.4. The summed E-state index contributed by atoms with van der Waals surface area (Å²) in [6.45, 7) is 0. The Morgan fingerprint density at radius 1 is 1.00 bits per heavy atom. The maximum Gasteiger partial charge on any atom is 0.292 e. The molecule has 3 aromatic rings. The number of rotatable bonds is 2. The molecule has 0 fully saturated rings. The zero-order valence-electron chi connectivity index (χ0n) is 10.4. The first-order valence-electron chi connectivity index (χ1n) is 5.98. The molecule has 0 N–H and O–H groups in total. The highest BCUT2D eigenvalue weighted by Crippen LogP contribution is 2.30. The summed E-state index contributed by atoms with van der Waals surface area (Å²) in [6, 6.07) is 15.9. The molecular formula is C16H9NO3. The summed E-state index contributed by atoms with van der Waals surface area (Å²) in [5.41, 5.74) is 0.787. The minimum Gasteiger partial charge on any atom is -0.452 e. The van der Waals surface area contributed by atoms with Gasteiger partial charge in [0, 0.05) is 5.56 Å². The van der Waals surface area contributed by atoms with Gasteiger partial charge in [-0.1, -0.05) is 42.5 Å². The van der Waals surface area contributed by atoms with Crippen LogP contribution >= 0.6 is 0 Å². The van der Waals surface area contributed by atoms with Gasteiger partial charge in [0.25, 0.3) is 6.26 Å². The molecule has 0 bridgehead atoms. The largest absolute Gasteiger partial charge is 0.452 e. The van der Waals surface area contributed by atoms with Gasteiger partial charge in [-0.2, -0.15) is 0 Å². The predicted octanol–water partition coefficient (Wildman–Crippen LogP) is 3.32. The van der Waals surface area contributed by atoms with Crippen molar-refractivity contribution in [3.63, 3.8) is 0 Å². The van der Waals surface area contributed by atoms with Crippen molar-refractivity contribution in [3.8, 4) is 23.3 Å². The molecule has 1 aromatic heterocycles. The Hall–Kier alpha value is -3.06. The smallest absolute Gasteiger partial charge is 0.292 e. The van der Waals surface area contributed by atoms with Crippen molar-refractivity contribution in [1.82, 2.24) is 0 Å². The number of hydrogen-bond acceptors (Lipinski definition) is 4. The molecule has 96 valence electrons. The van der Waals surface area contributed by atoms with E-state index in [1.54, 1.807) is 36.4 Å². The fraction of sp³-hybridized carbons (Fsp3) is 0. The Morgan fingerprint density at radius 2 is 1.70 bits per heavy atom. The van der Waals surface area contributed by atoms with Gasteiger partial charge in [-0.3, -0.25) is 4.79 Å². The number of nitrogens with zero attached hydrogens (tertiary/aromatic N) is 1. The van der Waals surface area contributed by atoms with Crippen LogP contribution in [0, 0.1) is 11.5 Å². The Balaban J connectivity index is 2.39. The van der Waals surface area contributed by atoms with Gasteiger partial charge < -0.3 is 9.15 Å². The molecule has 0 saturated carbocycles. The average Bonchev–Trinajstić information content (AvgIpc) is 2.51. The van der Waals surface area contributed by atoms with Crippen LogP contribution < -0.4 is 10.2 Å². The van der Waals surface area contributed by atoms with Crippen molar-refractivity contribution < 1.29 is 9.15 Å². The van der Waals surface area contributed by atoms with Crippen LogP contribution in [0.25, 0.3) is 22.3 Å². The number of benzene rings is 2. The molecule has 0 amide bonds. The highest BCUT2D eigenvalue weighted by Gasteiger charge is 2.17. The molecule has 0 aliphatic heterocycles. The maximum atomic E-state index is 12.4. The number of ether oxygens (including phenoxy) is 1. The van der Waals surface area contributed by atoms with Crippen molar-refractivity contribution in [2.45, 2.75) is 0 Å². The van der Waals surface area contributed by atoms with Crippen LogP contribution in [0.5, 0.6) is 5.75 Å². The van der Waals surface area contributed by atoms with Gasteiger partial charge in [-0.15, -0.1) is 5.26 Å². The Morgan fingerprint density at radius 3 is 2.45 bits per heavy atom. The molecule has 0 aliphatic carbocycles. The molecule has 0 atom stereocenters. The van der Waals surface area contributed by atoms with Crippen LogP contribution in [0.2, 0.25) is 0 Å². The predicted molar refractivity (Wildman–Crippen MR) is 74.2 cm³/mol. The number of para-hydroxylation sites is 1. The molecule has 0 radical (unpaired) electrons. The Kier molecular flexibility index (Phi) is 2.94. The number of nitriles is 1. The van der Waals surface area contributed by atoms with Crippen LogP contribution in [-0.2, 0) is 0 Å². The van der Waals surface area contributed by atoms with E-state index in [1.165, 1.54) is 6.26 Å². The normalized spacial score (nSPS) is 10.2. The summed E-state index contributed by atoms with van der Waals surface area (Å²) < 4.78 is 10.6. The first-order valence-corrected chi connectivity index (χ1v) is 5.98. The molecule has 0 spiro atoms. The van der Waals surface area contributed by atoms with E-state index in [9.17, 15) is 4.79 Å². The Labute approximate surface area is 114 Å². The third kappa shape index (κ3) is 1.91. The average molecular weight is 263 g/mol. The molecule has 3 rings (SSSR count). The molecular weight excluding hydrogens is 254 g/mol. The van der Waals surface area contributed by atoms with Crippen LogP contribution in [-0.4, -0.2) is 0 Å². The third-order valence-corrected chi connectivity index (χ3v) is 2.94. The highest BCUT2D eigenvalue weighted by atomic mass is 16.5. The highest BCUT2D eigenvalue weighted by molar-refractivity contribution is 5.81. The molecule has 0 unspecified atom stereocenters. The lowest BCUT2D eigenvalue weighted by atomic mass is 10.1. The summed E-state index contributed by atoms with van der Waals surface area (Å²) in [6.07, 6.45) is 1.54. The number of hydrogen-bond donors (Lipinski definition) is 0. The second-order valence-corrected chi connectivity index (χ2v) is 4.14. The first-order chi connectivity index (χ1) is 9.81. The van der Waals surface area contributed by atoms with Gasteiger partial charge in [0.1, 0.15) is 5.58 Å². The van der Waals surface area contributed by atoms with E-state index >= 15 is 0 Å². The fourth-order valence-corrected chi connectivity index (χ4v) is 2.04. The monoisotopic (exact) mass is 263 g/mol. The summed E-state index contributed by atoms with van der Waals surface area (Å²) >= 11 is 0. The molecule has 4 nitrogen and oxygen atoms in total. The molecule has 2 aromatic carbocycles. The van der Waals surface area contributed by atoms with Gasteiger partial charge in [0.05, 0.1) is 5.39 Å². The quantitative estimate of drug-likeness (QED) is 0.665. The minimum atomic E-state index is -0.354. The second kappa shape index (κ2) is 4.90. The minimum absolute atomic E-state index is 0.0857. The van der Waals surface area contributed by atoms with Gasteiger partial charge in [-0.05, 0) is 12.1 Å². The molecule has 4 heteroatoms. The van der Waals surface area contributed by atoms with Gasteiger partial charge in [0.15, 0.2) is 5.76 Å². The van der Waals surface area contributed by atoms with Crippen molar-refractivity contribution in [2.24, 2.45) is 0 Å². The van der Waals surface area contributed by atoms with Gasteiger partial charge in [0.2, 0.25) is 11.2 Å². The van der Waals surface area contributed by atoms with E-state index in [0.29, 0.717) is 16.5 Å². The van der Waals surface area contributed by atoms with Crippen molar-refractivity contribution in [3.05, 3.63) is 64.8 Å². The lowest BCUT2D eigenvalue weighted by Crippen LogP contribution is -2.07. The fourth-order valence-electron chi connectivity index (χ4n) is 2.04. The molecule has 0 aliphatic rings. The topological polar surface area (TPSA) is 63.2 Å². The van der Waals surface area contributed by atoms with E-state index in [2.05, 4.69) is 0 Å². The molecule has 20 heavy (non-hydrogen) atoms. The van der Waals surface area contributed by atoms with Crippen molar-refractivity contribution in [2.75, 3.05) is 0 Å². The van der Waals surface area contributed by atoms with Crippen LogP contribution in [0.4, 0.5) is 0 Å². The maximum absolute atomic E-state index is 12.4. The summed E-state index contributed by atoms with van der Waals surface area (Å²) in [5.74, 6) is 0.174. The van der Waals surface area contributed by atoms with Crippen LogP contribution in [0.3, 0.4) is 0 Å². The summed E-state index contributed by atoms with van der Waals surface area (Å²) in [7, 11) is 0. The second-order valence-electron chi connectivity index (χ2n) is 4.14. The molecule has 0 saturated heterocycles. The van der Waals surface area contributed by atoms with E-state index in [4.69, 9.17) is 14.4 Å². The lowest BCUT2D eigenvalue weighted by molar-refractivity contribution is 0.478. The van der Waals surface area contributed by atoms with Crippen LogP contribution in [0.1, 0.15) is 0 Å². The van der Waals surface area contributed by atoms with E-state index < -0.39 is 0 Å². The van der Waals surface area contributed by atoms with E-state index in [1.807, 2.05) is 18.2 Å². The van der Waals surface area contributed by atoms with Gasteiger partial charge in [-0.25, -0.2) is 0 Å². The standard InChI is InChI=1S/C16H9NO3/c17-10-19-16-14(18)12-8-4-5-9-13(12)20-15(16)11-6-2-1-3-7-11/h1-9H. The van der Waals surface area contributed by atoms with Crippen LogP contribution in [0.15, 0.2) is 63.8 Å². The van der Waals surface area contributed by atoms with E-state index in [0.717, 1.165) is 0 Å². The third-order valence-electron chi connectivity index (χ3n) is 2.94. The van der Waals surface area contributed by atoms with Gasteiger partial charge >= 0.3 is 0 Å². The Bertz CT molecular complexity index is 860. The van der Waals surface area contributed by atoms with Crippen molar-refractivity contribution in [1.29, 1.82) is 5.26 Å². The van der Waals surface area contributed by atoms with E-state index in [-0.39, 0.29) is 16.9 Å².